The summed E-state index contributed by atoms with van der Waals surface area (Å²) in [5, 5.41) is 10.2. The van der Waals surface area contributed by atoms with Crippen molar-refractivity contribution in [2.24, 2.45) is 5.41 Å². The monoisotopic (exact) mass is 327 g/mol. The maximum atomic E-state index is 13.1. The first-order chi connectivity index (χ1) is 10.8. The number of benzene rings is 1. The average Bonchev–Trinajstić information content (AvgIpc) is 2.86. The minimum absolute atomic E-state index is 0.301. The highest BCUT2D eigenvalue weighted by Crippen LogP contribution is 2.45. The molecule has 1 aliphatic carbocycles. The first kappa shape index (κ1) is 16.3. The minimum atomic E-state index is -4.55. The Balaban J connectivity index is 1.87. The quantitative estimate of drug-likeness (QED) is 0.858. The van der Waals surface area contributed by atoms with E-state index in [9.17, 15) is 23.1 Å². The van der Waals surface area contributed by atoms with Crippen LogP contribution in [0.2, 0.25) is 0 Å². The van der Waals surface area contributed by atoms with Crippen molar-refractivity contribution >= 4 is 5.91 Å². The van der Waals surface area contributed by atoms with Crippen LogP contribution < -0.4 is 0 Å². The maximum Gasteiger partial charge on any atom is 0.417 e. The van der Waals surface area contributed by atoms with E-state index in [1.165, 1.54) is 23.1 Å². The first-order valence-corrected chi connectivity index (χ1v) is 7.97. The minimum Gasteiger partial charge on any atom is -0.392 e. The molecule has 1 N–H and O–H groups in total. The Labute approximate surface area is 133 Å². The van der Waals surface area contributed by atoms with Crippen LogP contribution in [0.4, 0.5) is 13.2 Å². The second-order valence-electron chi connectivity index (χ2n) is 6.64. The zero-order valence-electron chi connectivity index (χ0n) is 12.8. The molecule has 0 unspecified atom stereocenters. The summed E-state index contributed by atoms with van der Waals surface area (Å²) in [5.74, 6) is -0.587. The highest BCUT2D eigenvalue weighted by atomic mass is 19.4. The standard InChI is InChI=1S/C17H20F3NO2/c18-17(19,20)13-6-2-1-5-12(13)15(23)21-10-4-9-16(11-21)8-3-7-14(16)22/h1-2,5-6,14,22H,3-4,7-11H2/t14-,16+/m1/s1. The Morgan fingerprint density at radius 1 is 1.22 bits per heavy atom. The Bertz CT molecular complexity index is 602. The van der Waals surface area contributed by atoms with E-state index in [0.717, 1.165) is 31.7 Å². The topological polar surface area (TPSA) is 40.5 Å². The zero-order chi connectivity index (χ0) is 16.7. The predicted molar refractivity (Wildman–Crippen MR) is 78.9 cm³/mol. The fourth-order valence-corrected chi connectivity index (χ4v) is 4.02. The van der Waals surface area contributed by atoms with Gasteiger partial charge < -0.3 is 10.0 Å². The van der Waals surface area contributed by atoms with Gasteiger partial charge in [0.15, 0.2) is 0 Å². The van der Waals surface area contributed by atoms with Crippen LogP contribution in [-0.2, 0) is 6.18 Å². The number of carbonyl (C=O) groups is 1. The normalized spacial score (nSPS) is 28.3. The van der Waals surface area contributed by atoms with Gasteiger partial charge in [0, 0.05) is 18.5 Å². The van der Waals surface area contributed by atoms with E-state index in [1.54, 1.807) is 0 Å². The van der Waals surface area contributed by atoms with Gasteiger partial charge in [0.05, 0.1) is 17.2 Å². The molecule has 0 radical (unpaired) electrons. The summed E-state index contributed by atoms with van der Waals surface area (Å²) >= 11 is 0. The summed E-state index contributed by atoms with van der Waals surface area (Å²) in [6.45, 7) is 0.790. The molecule has 1 amide bonds. The van der Waals surface area contributed by atoms with Crippen LogP contribution in [0.15, 0.2) is 24.3 Å². The van der Waals surface area contributed by atoms with E-state index in [-0.39, 0.29) is 11.0 Å². The molecular formula is C17H20F3NO2. The molecule has 1 spiro atoms. The number of hydrogen-bond acceptors (Lipinski definition) is 2. The van der Waals surface area contributed by atoms with Crippen molar-refractivity contribution in [1.82, 2.24) is 4.90 Å². The van der Waals surface area contributed by atoms with Crippen LogP contribution in [0, 0.1) is 5.41 Å². The predicted octanol–water partition coefficient (Wildman–Crippen LogP) is 3.47. The molecule has 1 heterocycles. The largest absolute Gasteiger partial charge is 0.417 e. The maximum absolute atomic E-state index is 13.1. The lowest BCUT2D eigenvalue weighted by molar-refractivity contribution is -0.138. The van der Waals surface area contributed by atoms with Gasteiger partial charge in [-0.1, -0.05) is 18.6 Å². The van der Waals surface area contributed by atoms with Gasteiger partial charge in [-0.3, -0.25) is 4.79 Å². The van der Waals surface area contributed by atoms with Crippen molar-refractivity contribution in [2.45, 2.75) is 44.4 Å². The Hall–Kier alpha value is -1.56. The third kappa shape index (κ3) is 2.96. The van der Waals surface area contributed by atoms with Gasteiger partial charge >= 0.3 is 6.18 Å². The lowest BCUT2D eigenvalue weighted by Crippen LogP contribution is -2.49. The van der Waals surface area contributed by atoms with Crippen molar-refractivity contribution < 1.29 is 23.1 Å². The van der Waals surface area contributed by atoms with Gasteiger partial charge in [-0.25, -0.2) is 0 Å². The summed E-state index contributed by atoms with van der Waals surface area (Å²) in [7, 11) is 0. The van der Waals surface area contributed by atoms with Crippen LogP contribution in [0.5, 0.6) is 0 Å². The van der Waals surface area contributed by atoms with Gasteiger partial charge in [-0.15, -0.1) is 0 Å². The number of alkyl halides is 3. The molecule has 126 valence electrons. The SMILES string of the molecule is O=C(c1ccccc1C(F)(F)F)N1CCC[C@@]2(CCC[C@H]2O)C1. The molecule has 2 atom stereocenters. The fraction of sp³-hybridized carbons (Fsp3) is 0.588. The average molecular weight is 327 g/mol. The van der Waals surface area contributed by atoms with E-state index >= 15 is 0 Å². The van der Waals surface area contributed by atoms with E-state index in [2.05, 4.69) is 0 Å². The number of aliphatic hydroxyl groups is 1. The van der Waals surface area contributed by atoms with Crippen LogP contribution in [0.3, 0.4) is 0 Å². The molecule has 0 aromatic heterocycles. The molecule has 23 heavy (non-hydrogen) atoms. The number of aliphatic hydroxyl groups excluding tert-OH is 1. The van der Waals surface area contributed by atoms with Crippen LogP contribution in [0.25, 0.3) is 0 Å². The Kier molecular flexibility index (Phi) is 4.12. The lowest BCUT2D eigenvalue weighted by atomic mass is 9.76. The number of piperidine rings is 1. The highest BCUT2D eigenvalue weighted by Gasteiger charge is 2.46. The zero-order valence-corrected chi connectivity index (χ0v) is 12.8. The van der Waals surface area contributed by atoms with Gasteiger partial charge in [-0.05, 0) is 37.8 Å². The third-order valence-corrected chi connectivity index (χ3v) is 5.22. The first-order valence-electron chi connectivity index (χ1n) is 7.97. The van der Waals surface area contributed by atoms with Crippen molar-refractivity contribution in [2.75, 3.05) is 13.1 Å². The van der Waals surface area contributed by atoms with Crippen molar-refractivity contribution in [1.29, 1.82) is 0 Å². The summed E-state index contributed by atoms with van der Waals surface area (Å²) in [6.07, 6.45) is -1.01. The molecule has 1 aromatic carbocycles. The summed E-state index contributed by atoms with van der Waals surface area (Å²) in [5.41, 5.74) is -1.53. The summed E-state index contributed by atoms with van der Waals surface area (Å²) in [6, 6.07) is 4.92. The number of rotatable bonds is 1. The van der Waals surface area contributed by atoms with E-state index in [0.29, 0.717) is 19.5 Å². The van der Waals surface area contributed by atoms with Crippen LogP contribution in [-0.4, -0.2) is 35.1 Å². The van der Waals surface area contributed by atoms with Crippen molar-refractivity contribution in [3.8, 4) is 0 Å². The number of hydrogen-bond donors (Lipinski definition) is 1. The molecule has 3 nitrogen and oxygen atoms in total. The number of nitrogens with zero attached hydrogens (tertiary/aromatic N) is 1. The van der Waals surface area contributed by atoms with Gasteiger partial charge in [0.1, 0.15) is 0 Å². The van der Waals surface area contributed by atoms with Crippen molar-refractivity contribution in [3.63, 3.8) is 0 Å². The molecule has 2 fully saturated rings. The molecule has 1 saturated heterocycles. The second-order valence-corrected chi connectivity index (χ2v) is 6.64. The number of amides is 1. The second kappa shape index (κ2) is 5.82. The van der Waals surface area contributed by atoms with E-state index in [4.69, 9.17) is 0 Å². The van der Waals surface area contributed by atoms with Crippen LogP contribution >= 0.6 is 0 Å². The van der Waals surface area contributed by atoms with Crippen LogP contribution in [0.1, 0.15) is 48.0 Å². The smallest absolute Gasteiger partial charge is 0.392 e. The van der Waals surface area contributed by atoms with Crippen molar-refractivity contribution in [3.05, 3.63) is 35.4 Å². The van der Waals surface area contributed by atoms with Gasteiger partial charge in [0.25, 0.3) is 5.91 Å². The summed E-state index contributed by atoms with van der Waals surface area (Å²) < 4.78 is 39.4. The number of carbonyl (C=O) groups excluding carboxylic acids is 1. The van der Waals surface area contributed by atoms with Gasteiger partial charge in [-0.2, -0.15) is 13.2 Å². The molecule has 3 rings (SSSR count). The summed E-state index contributed by atoms with van der Waals surface area (Å²) in [4.78, 5) is 14.1. The molecule has 2 aliphatic rings. The molecule has 1 aliphatic heterocycles. The highest BCUT2D eigenvalue weighted by molar-refractivity contribution is 5.96. The fourth-order valence-electron chi connectivity index (χ4n) is 4.02. The Morgan fingerprint density at radius 3 is 2.57 bits per heavy atom. The Morgan fingerprint density at radius 2 is 1.91 bits per heavy atom. The molecular weight excluding hydrogens is 307 g/mol. The number of likely N-dealkylation sites (tertiary alicyclic amines) is 1. The number of halogens is 3. The van der Waals surface area contributed by atoms with E-state index < -0.39 is 23.8 Å². The molecule has 6 heteroatoms. The third-order valence-electron chi connectivity index (χ3n) is 5.22. The molecule has 1 aromatic rings. The van der Waals surface area contributed by atoms with E-state index in [1.807, 2.05) is 0 Å². The lowest BCUT2D eigenvalue weighted by Gasteiger charge is -2.42. The van der Waals surface area contributed by atoms with Gasteiger partial charge in [0.2, 0.25) is 0 Å². The molecule has 0 bridgehead atoms. The molecule has 1 saturated carbocycles.